The molecule has 0 radical (unpaired) electrons. The number of aromatic amines is 1. The van der Waals surface area contributed by atoms with Crippen LogP contribution in [0.1, 0.15) is 19.0 Å². The van der Waals surface area contributed by atoms with Crippen LogP contribution in [-0.2, 0) is 6.42 Å². The largest absolute Gasteiger partial charge is 0.497 e. The highest BCUT2D eigenvalue weighted by molar-refractivity contribution is 5.88. The Hall–Kier alpha value is -2.41. The van der Waals surface area contributed by atoms with Crippen molar-refractivity contribution < 1.29 is 14.6 Å². The van der Waals surface area contributed by atoms with Crippen LogP contribution in [0.2, 0.25) is 0 Å². The Labute approximate surface area is 148 Å². The van der Waals surface area contributed by atoms with Crippen molar-refractivity contribution in [1.82, 2.24) is 15.6 Å². The van der Waals surface area contributed by atoms with Gasteiger partial charge in [-0.3, -0.25) is 4.99 Å². The Bertz CT molecular complexity index is 697. The van der Waals surface area contributed by atoms with E-state index < -0.39 is 0 Å². The van der Waals surface area contributed by atoms with Crippen molar-refractivity contribution in [3.8, 4) is 11.5 Å². The van der Waals surface area contributed by atoms with E-state index in [0.29, 0.717) is 13.1 Å². The van der Waals surface area contributed by atoms with Gasteiger partial charge in [0.2, 0.25) is 0 Å². The standard InChI is InChI=1S/C18H28N4O3/c1-4-19-18(21-8-9-23)20-7-5-6-13-10-15-16(22-13)11-14(24-2)12-17(15)25-3/h10-12,22-23H,4-9H2,1-3H3,(H2,19,20,21). The van der Waals surface area contributed by atoms with Gasteiger partial charge >= 0.3 is 0 Å². The number of aliphatic hydroxyl groups excluding tert-OH is 1. The number of nitrogens with one attached hydrogen (secondary N) is 3. The minimum atomic E-state index is 0.0881. The molecule has 25 heavy (non-hydrogen) atoms. The summed E-state index contributed by atoms with van der Waals surface area (Å²) in [6.45, 7) is 4.10. The summed E-state index contributed by atoms with van der Waals surface area (Å²) in [7, 11) is 3.31. The molecule has 0 amide bonds. The van der Waals surface area contributed by atoms with Gasteiger partial charge < -0.3 is 30.2 Å². The van der Waals surface area contributed by atoms with Gasteiger partial charge in [0.25, 0.3) is 0 Å². The molecule has 1 aromatic heterocycles. The van der Waals surface area contributed by atoms with E-state index in [1.807, 2.05) is 19.1 Å². The lowest BCUT2D eigenvalue weighted by molar-refractivity contribution is 0.300. The van der Waals surface area contributed by atoms with Crippen LogP contribution in [0, 0.1) is 0 Å². The minimum Gasteiger partial charge on any atom is -0.497 e. The lowest BCUT2D eigenvalue weighted by Crippen LogP contribution is -2.38. The Morgan fingerprint density at radius 1 is 1.20 bits per heavy atom. The van der Waals surface area contributed by atoms with Crippen LogP contribution >= 0.6 is 0 Å². The second-order valence-corrected chi connectivity index (χ2v) is 5.60. The summed E-state index contributed by atoms with van der Waals surface area (Å²) < 4.78 is 10.8. The van der Waals surface area contributed by atoms with Crippen molar-refractivity contribution in [2.24, 2.45) is 4.99 Å². The van der Waals surface area contributed by atoms with E-state index in [9.17, 15) is 0 Å². The number of aliphatic hydroxyl groups is 1. The molecule has 0 unspecified atom stereocenters. The highest BCUT2D eigenvalue weighted by Gasteiger charge is 2.09. The van der Waals surface area contributed by atoms with E-state index in [1.54, 1.807) is 14.2 Å². The number of aryl methyl sites for hydroxylation is 1. The first kappa shape index (κ1) is 18.9. The summed E-state index contributed by atoms with van der Waals surface area (Å²) in [5.74, 6) is 2.31. The summed E-state index contributed by atoms with van der Waals surface area (Å²) in [4.78, 5) is 7.93. The second kappa shape index (κ2) is 9.78. The number of aromatic nitrogens is 1. The molecule has 1 aromatic carbocycles. The molecule has 0 atom stereocenters. The number of nitrogens with zero attached hydrogens (tertiary/aromatic N) is 1. The first-order valence-electron chi connectivity index (χ1n) is 8.58. The maximum atomic E-state index is 8.88. The monoisotopic (exact) mass is 348 g/mol. The maximum Gasteiger partial charge on any atom is 0.191 e. The smallest absolute Gasteiger partial charge is 0.191 e. The average Bonchev–Trinajstić information content (AvgIpc) is 3.04. The average molecular weight is 348 g/mol. The SMILES string of the molecule is CCNC(=NCCCc1cc2c(OC)cc(OC)cc2[nH]1)NCCO. The molecule has 0 saturated carbocycles. The summed E-state index contributed by atoms with van der Waals surface area (Å²) in [6.07, 6.45) is 1.81. The number of guanidine groups is 1. The quantitative estimate of drug-likeness (QED) is 0.314. The topological polar surface area (TPSA) is 90.9 Å². The van der Waals surface area contributed by atoms with E-state index in [4.69, 9.17) is 14.6 Å². The van der Waals surface area contributed by atoms with Crippen molar-refractivity contribution in [2.45, 2.75) is 19.8 Å². The Kier molecular flexibility index (Phi) is 7.40. The zero-order chi connectivity index (χ0) is 18.1. The molecule has 0 aliphatic rings. The Morgan fingerprint density at radius 3 is 2.72 bits per heavy atom. The lowest BCUT2D eigenvalue weighted by atomic mass is 10.2. The lowest BCUT2D eigenvalue weighted by Gasteiger charge is -2.09. The molecule has 1 heterocycles. The highest BCUT2D eigenvalue weighted by Crippen LogP contribution is 2.31. The van der Waals surface area contributed by atoms with Gasteiger partial charge in [0.1, 0.15) is 11.5 Å². The van der Waals surface area contributed by atoms with E-state index in [-0.39, 0.29) is 6.61 Å². The van der Waals surface area contributed by atoms with Crippen LogP contribution in [-0.4, -0.2) is 56.5 Å². The predicted molar refractivity (Wildman–Crippen MR) is 101 cm³/mol. The number of hydrogen-bond donors (Lipinski definition) is 4. The summed E-state index contributed by atoms with van der Waals surface area (Å²) >= 11 is 0. The van der Waals surface area contributed by atoms with Crippen LogP contribution < -0.4 is 20.1 Å². The van der Waals surface area contributed by atoms with E-state index in [0.717, 1.165) is 53.4 Å². The number of benzene rings is 1. The molecule has 0 spiro atoms. The molecule has 2 rings (SSSR count). The third kappa shape index (κ3) is 5.29. The van der Waals surface area contributed by atoms with Crippen molar-refractivity contribution in [1.29, 1.82) is 0 Å². The fourth-order valence-corrected chi connectivity index (χ4v) is 2.63. The molecule has 0 saturated heterocycles. The van der Waals surface area contributed by atoms with Gasteiger partial charge in [0.15, 0.2) is 5.96 Å². The molecule has 7 heteroatoms. The number of aliphatic imine (C=N–C) groups is 1. The highest BCUT2D eigenvalue weighted by atomic mass is 16.5. The molecule has 2 aromatic rings. The van der Waals surface area contributed by atoms with Gasteiger partial charge in [0.05, 0.1) is 26.3 Å². The Balaban J connectivity index is 1.98. The van der Waals surface area contributed by atoms with Crippen molar-refractivity contribution in [3.63, 3.8) is 0 Å². The zero-order valence-corrected chi connectivity index (χ0v) is 15.2. The van der Waals surface area contributed by atoms with Gasteiger partial charge in [-0.2, -0.15) is 0 Å². The molecule has 4 N–H and O–H groups in total. The molecule has 0 fully saturated rings. The normalized spacial score (nSPS) is 11.6. The number of ether oxygens (including phenoxy) is 2. The summed E-state index contributed by atoms with van der Waals surface area (Å²) in [5.41, 5.74) is 2.15. The van der Waals surface area contributed by atoms with Gasteiger partial charge in [-0.1, -0.05) is 0 Å². The summed E-state index contributed by atoms with van der Waals surface area (Å²) in [6, 6.07) is 5.98. The second-order valence-electron chi connectivity index (χ2n) is 5.60. The zero-order valence-electron chi connectivity index (χ0n) is 15.2. The predicted octanol–water partition coefficient (Wildman–Crippen LogP) is 1.67. The van der Waals surface area contributed by atoms with Gasteiger partial charge in [-0.25, -0.2) is 0 Å². The van der Waals surface area contributed by atoms with Gasteiger partial charge in [-0.15, -0.1) is 0 Å². The molecular weight excluding hydrogens is 320 g/mol. The van der Waals surface area contributed by atoms with Gasteiger partial charge in [-0.05, 0) is 25.8 Å². The van der Waals surface area contributed by atoms with Gasteiger partial charge in [0, 0.05) is 42.8 Å². The fourth-order valence-electron chi connectivity index (χ4n) is 2.63. The van der Waals surface area contributed by atoms with Crippen LogP contribution in [0.25, 0.3) is 10.9 Å². The minimum absolute atomic E-state index is 0.0881. The molecule has 138 valence electrons. The molecule has 0 aliphatic heterocycles. The number of fused-ring (bicyclic) bond motifs is 1. The molecule has 7 nitrogen and oxygen atoms in total. The molecule has 0 bridgehead atoms. The van der Waals surface area contributed by atoms with Crippen molar-refractivity contribution >= 4 is 16.9 Å². The van der Waals surface area contributed by atoms with Crippen molar-refractivity contribution in [2.75, 3.05) is 40.5 Å². The first-order valence-corrected chi connectivity index (χ1v) is 8.58. The summed E-state index contributed by atoms with van der Waals surface area (Å²) in [5, 5.41) is 16.2. The van der Waals surface area contributed by atoms with Crippen LogP contribution in [0.3, 0.4) is 0 Å². The van der Waals surface area contributed by atoms with Crippen molar-refractivity contribution in [3.05, 3.63) is 23.9 Å². The van der Waals surface area contributed by atoms with E-state index in [1.165, 1.54) is 0 Å². The van der Waals surface area contributed by atoms with E-state index >= 15 is 0 Å². The number of hydrogen-bond acceptors (Lipinski definition) is 4. The maximum absolute atomic E-state index is 8.88. The first-order chi connectivity index (χ1) is 12.2. The third-order valence-corrected chi connectivity index (χ3v) is 3.81. The number of H-pyrrole nitrogens is 1. The third-order valence-electron chi connectivity index (χ3n) is 3.81. The Morgan fingerprint density at radius 2 is 2.04 bits per heavy atom. The number of methoxy groups -OCH3 is 2. The fraction of sp³-hybridized carbons (Fsp3) is 0.500. The van der Waals surface area contributed by atoms with Crippen LogP contribution in [0.4, 0.5) is 0 Å². The molecular formula is C18H28N4O3. The van der Waals surface area contributed by atoms with Crippen LogP contribution in [0.5, 0.6) is 11.5 Å². The van der Waals surface area contributed by atoms with Crippen LogP contribution in [0.15, 0.2) is 23.2 Å². The number of rotatable bonds is 9. The molecule has 0 aliphatic carbocycles. The van der Waals surface area contributed by atoms with E-state index in [2.05, 4.69) is 26.7 Å².